The van der Waals surface area contributed by atoms with Crippen LogP contribution in [0.4, 0.5) is 16.0 Å². The van der Waals surface area contributed by atoms with E-state index in [1.807, 2.05) is 0 Å². The van der Waals surface area contributed by atoms with E-state index in [4.69, 9.17) is 4.74 Å². The van der Waals surface area contributed by atoms with Gasteiger partial charge in [0.25, 0.3) is 5.91 Å². The van der Waals surface area contributed by atoms with Crippen LogP contribution in [0, 0.1) is 5.82 Å². The first-order valence-electron chi connectivity index (χ1n) is 8.15. The highest BCUT2D eigenvalue weighted by Gasteiger charge is 2.12. The summed E-state index contributed by atoms with van der Waals surface area (Å²) < 4.78 is 19.0. The smallest absolute Gasteiger partial charge is 0.270 e. The summed E-state index contributed by atoms with van der Waals surface area (Å²) in [4.78, 5) is 22.6. The van der Waals surface area contributed by atoms with Crippen molar-refractivity contribution < 1.29 is 13.9 Å². The first-order valence-corrected chi connectivity index (χ1v) is 8.15. The van der Waals surface area contributed by atoms with Gasteiger partial charge in [-0.15, -0.1) is 0 Å². The summed E-state index contributed by atoms with van der Waals surface area (Å²) in [5, 5.41) is 5.61. The lowest BCUT2D eigenvalue weighted by Crippen LogP contribution is -2.41. The number of ether oxygens (including phenoxy) is 1. The lowest BCUT2D eigenvalue weighted by Gasteiger charge is -2.26. The van der Waals surface area contributed by atoms with Crippen LogP contribution in [0.2, 0.25) is 0 Å². The number of para-hydroxylation sites is 1. The molecule has 0 spiro atoms. The lowest BCUT2D eigenvalue weighted by atomic mass is 10.3. The van der Waals surface area contributed by atoms with Gasteiger partial charge in [0.05, 0.1) is 18.9 Å². The van der Waals surface area contributed by atoms with Crippen LogP contribution in [0.25, 0.3) is 0 Å². The number of carbonyl (C=O) groups excluding carboxylic acids is 1. The second-order valence-electron chi connectivity index (χ2n) is 5.58. The fourth-order valence-corrected chi connectivity index (χ4v) is 2.47. The molecule has 0 bridgehead atoms. The minimum atomic E-state index is -0.411. The summed E-state index contributed by atoms with van der Waals surface area (Å²) >= 11 is 0. The lowest BCUT2D eigenvalue weighted by molar-refractivity contribution is 0.0383. The van der Waals surface area contributed by atoms with Gasteiger partial charge in [0.2, 0.25) is 5.95 Å². The summed E-state index contributed by atoms with van der Waals surface area (Å²) in [5.74, 6) is -0.523. The molecule has 0 radical (unpaired) electrons. The highest BCUT2D eigenvalue weighted by molar-refractivity contribution is 5.92. The van der Waals surface area contributed by atoms with Gasteiger partial charge < -0.3 is 15.4 Å². The molecule has 1 amide bonds. The molecule has 7 nitrogen and oxygen atoms in total. The molecule has 2 aromatic rings. The van der Waals surface area contributed by atoms with Crippen LogP contribution in [-0.4, -0.2) is 60.2 Å². The molecule has 0 aliphatic carbocycles. The highest BCUT2D eigenvalue weighted by Crippen LogP contribution is 2.16. The van der Waals surface area contributed by atoms with Crippen LogP contribution < -0.4 is 10.6 Å². The second kappa shape index (κ2) is 8.50. The maximum atomic E-state index is 13.7. The molecule has 25 heavy (non-hydrogen) atoms. The zero-order valence-electron chi connectivity index (χ0n) is 13.7. The molecule has 2 heterocycles. The fraction of sp³-hybridized carbons (Fsp3) is 0.353. The van der Waals surface area contributed by atoms with Crippen molar-refractivity contribution in [1.82, 2.24) is 20.2 Å². The van der Waals surface area contributed by atoms with E-state index in [0.29, 0.717) is 6.54 Å². The van der Waals surface area contributed by atoms with Crippen molar-refractivity contribution in [2.75, 3.05) is 44.7 Å². The van der Waals surface area contributed by atoms with Gasteiger partial charge >= 0.3 is 0 Å². The van der Waals surface area contributed by atoms with Gasteiger partial charge in [-0.25, -0.2) is 14.4 Å². The minimum Gasteiger partial charge on any atom is -0.379 e. The van der Waals surface area contributed by atoms with Gasteiger partial charge in [-0.05, 0) is 18.2 Å². The molecule has 1 aliphatic rings. The third kappa shape index (κ3) is 4.94. The number of hydrogen-bond donors (Lipinski definition) is 2. The van der Waals surface area contributed by atoms with Crippen LogP contribution >= 0.6 is 0 Å². The summed E-state index contributed by atoms with van der Waals surface area (Å²) in [6.45, 7) is 4.50. The van der Waals surface area contributed by atoms with Gasteiger partial charge in [0.15, 0.2) is 0 Å². The van der Waals surface area contributed by atoms with Crippen LogP contribution in [0.3, 0.4) is 0 Å². The van der Waals surface area contributed by atoms with Crippen molar-refractivity contribution in [3.8, 4) is 0 Å². The van der Waals surface area contributed by atoms with E-state index in [1.54, 1.807) is 18.2 Å². The number of aromatic nitrogens is 2. The number of halogens is 1. The third-order valence-electron chi connectivity index (χ3n) is 3.83. The summed E-state index contributed by atoms with van der Waals surface area (Å²) in [6, 6.07) is 7.74. The molecular weight excluding hydrogens is 325 g/mol. The summed E-state index contributed by atoms with van der Waals surface area (Å²) in [5.41, 5.74) is 0.489. The Labute approximate surface area is 145 Å². The second-order valence-corrected chi connectivity index (χ2v) is 5.58. The number of hydrogen-bond acceptors (Lipinski definition) is 6. The SMILES string of the molecule is O=C(NCCN1CCOCC1)c1ccnc(Nc2ccccc2F)n1. The zero-order chi connectivity index (χ0) is 17.5. The fourth-order valence-electron chi connectivity index (χ4n) is 2.47. The van der Waals surface area contributed by atoms with Crippen molar-refractivity contribution in [3.63, 3.8) is 0 Å². The number of anilines is 2. The van der Waals surface area contributed by atoms with Crippen LogP contribution in [0.15, 0.2) is 36.5 Å². The molecule has 0 unspecified atom stereocenters. The Balaban J connectivity index is 1.55. The molecule has 132 valence electrons. The quantitative estimate of drug-likeness (QED) is 0.824. The average molecular weight is 345 g/mol. The van der Waals surface area contributed by atoms with Crippen LogP contribution in [-0.2, 0) is 4.74 Å². The molecule has 1 saturated heterocycles. The Morgan fingerprint density at radius 2 is 2.04 bits per heavy atom. The van der Waals surface area contributed by atoms with Crippen molar-refractivity contribution in [1.29, 1.82) is 0 Å². The van der Waals surface area contributed by atoms with E-state index in [1.165, 1.54) is 18.3 Å². The standard InChI is InChI=1S/C17H20FN5O2/c18-13-3-1-2-4-14(13)21-17-20-6-5-15(22-17)16(24)19-7-8-23-9-11-25-12-10-23/h1-6H,7-12H2,(H,19,24)(H,20,21,22). The largest absolute Gasteiger partial charge is 0.379 e. The monoisotopic (exact) mass is 345 g/mol. The predicted molar refractivity (Wildman–Crippen MR) is 91.3 cm³/mol. The number of amides is 1. The van der Waals surface area contributed by atoms with E-state index in [0.717, 1.165) is 32.8 Å². The van der Waals surface area contributed by atoms with Gasteiger partial charge in [-0.2, -0.15) is 0 Å². The van der Waals surface area contributed by atoms with Gasteiger partial charge in [0.1, 0.15) is 11.5 Å². The topological polar surface area (TPSA) is 79.4 Å². The third-order valence-corrected chi connectivity index (χ3v) is 3.83. The number of morpholine rings is 1. The highest BCUT2D eigenvalue weighted by atomic mass is 19.1. The van der Waals surface area contributed by atoms with Crippen LogP contribution in [0.1, 0.15) is 10.5 Å². The zero-order valence-corrected chi connectivity index (χ0v) is 13.7. The Kier molecular flexibility index (Phi) is 5.86. The Morgan fingerprint density at radius 1 is 1.24 bits per heavy atom. The van der Waals surface area contributed by atoms with E-state index in [2.05, 4.69) is 25.5 Å². The number of nitrogens with one attached hydrogen (secondary N) is 2. The molecule has 1 aromatic carbocycles. The van der Waals surface area contributed by atoms with Crippen molar-refractivity contribution >= 4 is 17.5 Å². The molecule has 0 saturated carbocycles. The molecule has 2 N–H and O–H groups in total. The molecule has 8 heteroatoms. The molecule has 0 atom stereocenters. The van der Waals surface area contributed by atoms with Crippen molar-refractivity contribution in [3.05, 3.63) is 48.0 Å². The maximum Gasteiger partial charge on any atom is 0.270 e. The number of nitrogens with zero attached hydrogens (tertiary/aromatic N) is 3. The molecule has 1 fully saturated rings. The van der Waals surface area contributed by atoms with E-state index in [9.17, 15) is 9.18 Å². The van der Waals surface area contributed by atoms with Crippen molar-refractivity contribution in [2.45, 2.75) is 0 Å². The first-order chi connectivity index (χ1) is 12.2. The maximum absolute atomic E-state index is 13.7. The predicted octanol–water partition coefficient (Wildman–Crippen LogP) is 1.42. The Morgan fingerprint density at radius 3 is 2.84 bits per heavy atom. The normalized spacial score (nSPS) is 14.9. The van der Waals surface area contributed by atoms with E-state index < -0.39 is 5.82 Å². The average Bonchev–Trinajstić information content (AvgIpc) is 2.65. The first kappa shape index (κ1) is 17.2. The summed E-state index contributed by atoms with van der Waals surface area (Å²) in [6.07, 6.45) is 1.47. The van der Waals surface area contributed by atoms with Crippen LogP contribution in [0.5, 0.6) is 0 Å². The molecule has 3 rings (SSSR count). The summed E-state index contributed by atoms with van der Waals surface area (Å²) in [7, 11) is 0. The Hall–Kier alpha value is -2.58. The van der Waals surface area contributed by atoms with Crippen molar-refractivity contribution in [2.24, 2.45) is 0 Å². The van der Waals surface area contributed by atoms with E-state index >= 15 is 0 Å². The minimum absolute atomic E-state index is 0.172. The molecular formula is C17H20FN5O2. The van der Waals surface area contributed by atoms with Gasteiger partial charge in [0, 0.05) is 32.4 Å². The van der Waals surface area contributed by atoms with E-state index in [-0.39, 0.29) is 23.2 Å². The Bertz CT molecular complexity index is 722. The number of benzene rings is 1. The molecule has 1 aromatic heterocycles. The number of carbonyl (C=O) groups is 1. The number of rotatable bonds is 6. The molecule has 1 aliphatic heterocycles. The van der Waals surface area contributed by atoms with Gasteiger partial charge in [-0.3, -0.25) is 9.69 Å². The van der Waals surface area contributed by atoms with Gasteiger partial charge in [-0.1, -0.05) is 12.1 Å².